The number of benzene rings is 6. The molecule has 2 aromatic heterocycles. The number of sulfonamides is 4. The number of carbonyl (C=O) groups is 2. The molecule has 472 valence electrons. The highest BCUT2D eigenvalue weighted by molar-refractivity contribution is 7.93. The first-order valence-corrected chi connectivity index (χ1v) is 30.6. The normalized spacial score (nSPS) is 12.9. The molecule has 8 aromatic rings. The molecule has 19 nitrogen and oxygen atoms in total. The van der Waals surface area contributed by atoms with Gasteiger partial charge in [0.05, 0.1) is 48.9 Å². The fourth-order valence-electron chi connectivity index (χ4n) is 8.92. The summed E-state index contributed by atoms with van der Waals surface area (Å²) < 4.78 is 289. The quantitative estimate of drug-likeness (QED) is 0.0672. The highest BCUT2D eigenvalue weighted by Crippen LogP contribution is 2.44. The van der Waals surface area contributed by atoms with Crippen LogP contribution in [-0.2, 0) is 55.9 Å². The lowest BCUT2D eigenvalue weighted by Crippen LogP contribution is -2.40. The Morgan fingerprint density at radius 1 is 0.483 bits per heavy atom. The van der Waals surface area contributed by atoms with Gasteiger partial charge in [0, 0.05) is 32.1 Å². The Balaban J connectivity index is 1.27. The molecule has 0 amide bonds. The van der Waals surface area contributed by atoms with Gasteiger partial charge in [0.15, 0.2) is 11.6 Å². The number of hydrogen-bond donors (Lipinski definition) is 2. The molecule has 89 heavy (non-hydrogen) atoms. The van der Waals surface area contributed by atoms with E-state index in [1.54, 1.807) is 0 Å². The third-order valence-electron chi connectivity index (χ3n) is 12.7. The zero-order chi connectivity index (χ0) is 65.8. The lowest BCUT2D eigenvalue weighted by atomic mass is 10.00. The van der Waals surface area contributed by atoms with Crippen molar-refractivity contribution in [3.8, 4) is 16.9 Å². The summed E-state index contributed by atoms with van der Waals surface area (Å²) in [5.41, 5.74) is -5.29. The molecule has 36 heteroatoms. The van der Waals surface area contributed by atoms with Gasteiger partial charge in [0.2, 0.25) is 0 Å². The van der Waals surface area contributed by atoms with Crippen LogP contribution in [0.4, 0.5) is 75.7 Å². The van der Waals surface area contributed by atoms with Crippen LogP contribution < -0.4 is 22.0 Å². The number of fused-ring (bicyclic) bond motifs is 2. The van der Waals surface area contributed by atoms with E-state index in [4.69, 9.17) is 11.6 Å². The first-order chi connectivity index (χ1) is 41.1. The number of anilines is 4. The topological polar surface area (TPSA) is 259 Å². The number of carboxylic acid groups (broad SMARTS) is 2. The van der Waals surface area contributed by atoms with Crippen molar-refractivity contribution in [2.45, 2.75) is 51.4 Å². The molecule has 0 aliphatic carbocycles. The second kappa shape index (κ2) is 24.0. The molecule has 0 spiro atoms. The van der Waals surface area contributed by atoms with E-state index >= 15 is 0 Å². The Bertz CT molecular complexity index is 4570. The van der Waals surface area contributed by atoms with Gasteiger partial charge in [-0.1, -0.05) is 66.2 Å². The Hall–Kier alpha value is -8.67. The van der Waals surface area contributed by atoms with Gasteiger partial charge in [-0.2, -0.15) is 39.5 Å². The minimum atomic E-state index is -5.83. The number of aliphatic carboxylic acids is 2. The minimum Gasteiger partial charge on any atom is -0.480 e. The Kier molecular flexibility index (Phi) is 17.9. The van der Waals surface area contributed by atoms with E-state index in [0.717, 1.165) is 85.8 Å². The standard InChI is InChI=1S/C53H37ClF12N6O13S4/c1-30-10-15-35(88(81,82)70(27-47(75)76)49-40-9-5-2-6-37(40)43(24-68-49)71(28-50(55,56)57)87(79,80)33-16-11-31(12-17-33)52(61,62)63)22-41(30)42-23-36(20-21-45(42)85-53(64,65)66)89(83,84)72(29-51(58,59)60)44-25-67-48(39-8-4-3-7-38(39)44)69(26-46(73)74)86(77,78)34-18-13-32(54)14-19-34/h2-25H,26-29H2,1H3,(H,73,74)(H,75,76). The number of halogens is 13. The van der Waals surface area contributed by atoms with E-state index in [1.807, 2.05) is 0 Å². The van der Waals surface area contributed by atoms with Crippen molar-refractivity contribution in [3.05, 3.63) is 162 Å². The number of aryl methyl sites for hydroxylation is 1. The van der Waals surface area contributed by atoms with Crippen LogP contribution in [0.25, 0.3) is 32.7 Å². The van der Waals surface area contributed by atoms with Crippen molar-refractivity contribution in [2.24, 2.45) is 0 Å². The van der Waals surface area contributed by atoms with Crippen molar-refractivity contribution in [2.75, 3.05) is 43.4 Å². The number of hydrogen-bond acceptors (Lipinski definition) is 13. The number of aromatic nitrogens is 2. The zero-order valence-corrected chi connectivity index (χ0v) is 48.3. The van der Waals surface area contributed by atoms with Crippen LogP contribution in [0.2, 0.25) is 5.02 Å². The number of nitrogens with zero attached hydrogens (tertiary/aromatic N) is 6. The third kappa shape index (κ3) is 14.3. The summed E-state index contributed by atoms with van der Waals surface area (Å²) >= 11 is 5.91. The van der Waals surface area contributed by atoms with Gasteiger partial charge >= 0.3 is 36.8 Å². The molecule has 0 bridgehead atoms. The lowest BCUT2D eigenvalue weighted by molar-refractivity contribution is -0.274. The maximum atomic E-state index is 14.9. The highest BCUT2D eigenvalue weighted by Gasteiger charge is 2.43. The van der Waals surface area contributed by atoms with Gasteiger partial charge in [0.1, 0.15) is 31.9 Å². The molecule has 0 aliphatic heterocycles. The molecule has 0 fully saturated rings. The fourth-order valence-corrected chi connectivity index (χ4v) is 14.8. The highest BCUT2D eigenvalue weighted by atomic mass is 35.5. The molecule has 0 unspecified atom stereocenters. The largest absolute Gasteiger partial charge is 0.573 e. The van der Waals surface area contributed by atoms with Gasteiger partial charge in [0.25, 0.3) is 40.1 Å². The van der Waals surface area contributed by atoms with E-state index < -0.39 is 190 Å². The summed E-state index contributed by atoms with van der Waals surface area (Å²) in [6.07, 6.45) is -20.7. The van der Waals surface area contributed by atoms with Crippen molar-refractivity contribution in [1.29, 1.82) is 0 Å². The second-order valence-electron chi connectivity index (χ2n) is 18.7. The monoisotopic (exact) mass is 1360 g/mol. The summed E-state index contributed by atoms with van der Waals surface area (Å²) in [6.45, 7) is -6.69. The predicted octanol–water partition coefficient (Wildman–Crippen LogP) is 11.4. The van der Waals surface area contributed by atoms with Crippen molar-refractivity contribution < 1.29 is 111 Å². The van der Waals surface area contributed by atoms with Gasteiger partial charge in [-0.05, 0) is 96.9 Å². The van der Waals surface area contributed by atoms with E-state index in [1.165, 1.54) is 6.07 Å². The van der Waals surface area contributed by atoms with Crippen LogP contribution in [0.1, 0.15) is 11.1 Å². The summed E-state index contributed by atoms with van der Waals surface area (Å²) in [7, 11) is -21.9. The van der Waals surface area contributed by atoms with Crippen LogP contribution in [0.15, 0.2) is 165 Å². The van der Waals surface area contributed by atoms with Crippen molar-refractivity contribution in [1.82, 2.24) is 9.97 Å². The van der Waals surface area contributed by atoms with Gasteiger partial charge in [-0.25, -0.2) is 52.2 Å². The summed E-state index contributed by atoms with van der Waals surface area (Å²) in [6, 6.07) is 17.3. The number of alkyl halides is 12. The van der Waals surface area contributed by atoms with Crippen molar-refractivity contribution >= 4 is 108 Å². The molecule has 2 N–H and O–H groups in total. The van der Waals surface area contributed by atoms with Crippen molar-refractivity contribution in [3.63, 3.8) is 0 Å². The Morgan fingerprint density at radius 3 is 1.25 bits per heavy atom. The van der Waals surface area contributed by atoms with Crippen LogP contribution in [0.5, 0.6) is 5.75 Å². The lowest BCUT2D eigenvalue weighted by Gasteiger charge is -2.29. The summed E-state index contributed by atoms with van der Waals surface area (Å²) in [5, 5.41) is 17.8. The minimum absolute atomic E-state index is 0.0228. The molecule has 0 saturated heterocycles. The molecular formula is C53H37ClF12N6O13S4. The van der Waals surface area contributed by atoms with Crippen LogP contribution in [-0.4, -0.2) is 111 Å². The smallest absolute Gasteiger partial charge is 0.480 e. The first kappa shape index (κ1) is 66.3. The number of ether oxygens (including phenoxy) is 1. The zero-order valence-electron chi connectivity index (χ0n) is 44.3. The number of pyridine rings is 2. The maximum absolute atomic E-state index is 14.9. The molecule has 8 rings (SSSR count). The first-order valence-electron chi connectivity index (χ1n) is 24.5. The summed E-state index contributed by atoms with van der Waals surface area (Å²) in [5.74, 6) is -6.76. The average molecular weight is 1360 g/mol. The average Bonchev–Trinajstić information content (AvgIpc) is 0.803. The fraction of sp³-hybridized carbons (Fsp3) is 0.170. The maximum Gasteiger partial charge on any atom is 0.573 e. The van der Waals surface area contributed by atoms with Crippen LogP contribution in [0, 0.1) is 6.92 Å². The van der Waals surface area contributed by atoms with E-state index in [0.29, 0.717) is 48.8 Å². The molecular weight excluding hydrogens is 1320 g/mol. The SMILES string of the molecule is Cc1ccc(S(=O)(=O)N(CC(=O)O)c2ncc(N(CC(F)(F)F)S(=O)(=O)c3ccc(C(F)(F)F)cc3)c3ccccc23)cc1-c1cc(S(=O)(=O)N(CC(F)(F)F)c2cnc(N(CC(=O)O)S(=O)(=O)c3ccc(Cl)cc3)c3ccccc23)ccc1OC(F)(F)F. The van der Waals surface area contributed by atoms with E-state index in [9.17, 15) is 106 Å². The molecule has 0 atom stereocenters. The molecule has 6 aromatic carbocycles. The summed E-state index contributed by atoms with van der Waals surface area (Å²) in [4.78, 5) is 28.5. The van der Waals surface area contributed by atoms with Crippen LogP contribution in [0.3, 0.4) is 0 Å². The van der Waals surface area contributed by atoms with Gasteiger partial charge < -0.3 is 14.9 Å². The molecule has 0 radical (unpaired) electrons. The molecule has 0 aliphatic rings. The Morgan fingerprint density at radius 2 is 0.843 bits per heavy atom. The van der Waals surface area contributed by atoms with E-state index in [2.05, 4.69) is 14.7 Å². The second-order valence-corrected chi connectivity index (χ2v) is 26.6. The van der Waals surface area contributed by atoms with E-state index in [-0.39, 0.29) is 39.9 Å². The number of rotatable bonds is 20. The van der Waals surface area contributed by atoms with Gasteiger partial charge in [-0.15, -0.1) is 13.2 Å². The molecule has 0 saturated carbocycles. The van der Waals surface area contributed by atoms with Gasteiger partial charge in [-0.3, -0.25) is 18.2 Å². The Labute approximate surface area is 500 Å². The molecule has 2 heterocycles. The predicted molar refractivity (Wildman–Crippen MR) is 295 cm³/mol. The van der Waals surface area contributed by atoms with Crippen LogP contribution >= 0.6 is 11.6 Å². The third-order valence-corrected chi connectivity index (χ3v) is 20.0. The number of carboxylic acids is 2.